The molecule has 9 heteroatoms. The molecule has 1 aromatic carbocycles. The first kappa shape index (κ1) is 15.0. The summed E-state index contributed by atoms with van der Waals surface area (Å²) in [6, 6.07) is 5.66. The lowest BCUT2D eigenvalue weighted by Crippen LogP contribution is -2.29. The minimum atomic E-state index is -3.70. The Morgan fingerprint density at radius 3 is 2.27 bits per heavy atom. The average Bonchev–Trinajstić information content (AvgIpc) is 3.09. The van der Waals surface area contributed by atoms with Crippen LogP contribution in [0.3, 0.4) is 0 Å². The number of amidine groups is 1. The third-order valence-electron chi connectivity index (χ3n) is 3.26. The standard InChI is InChI=1S/C13H13N3O4S2/c17-11-5-6-12(18)16(11)9-1-3-10(4-2-9)22(19,20)15-13-14-7-8-21-13/h1-4H,5-8H2,(H,14,15). The van der Waals surface area contributed by atoms with Crippen molar-refractivity contribution >= 4 is 44.5 Å². The highest BCUT2D eigenvalue weighted by Gasteiger charge is 2.30. The summed E-state index contributed by atoms with van der Waals surface area (Å²) in [4.78, 5) is 28.5. The van der Waals surface area contributed by atoms with Crippen LogP contribution in [0.15, 0.2) is 34.2 Å². The third-order valence-corrected chi connectivity index (χ3v) is 5.64. The Kier molecular flexibility index (Phi) is 3.92. The monoisotopic (exact) mass is 339 g/mol. The van der Waals surface area contributed by atoms with Crippen LogP contribution in [-0.4, -0.2) is 37.7 Å². The zero-order valence-corrected chi connectivity index (χ0v) is 13.1. The molecule has 0 aliphatic carbocycles. The Balaban J connectivity index is 1.81. The predicted octanol–water partition coefficient (Wildman–Crippen LogP) is 0.721. The first-order valence-corrected chi connectivity index (χ1v) is 9.10. The smallest absolute Gasteiger partial charge is 0.263 e. The number of aliphatic imine (C=N–C) groups is 1. The van der Waals surface area contributed by atoms with Gasteiger partial charge in [-0.3, -0.25) is 24.2 Å². The van der Waals surface area contributed by atoms with Crippen LogP contribution in [0.25, 0.3) is 0 Å². The number of rotatable bonds is 3. The van der Waals surface area contributed by atoms with Crippen LogP contribution in [0.5, 0.6) is 0 Å². The molecule has 2 aliphatic rings. The molecule has 0 unspecified atom stereocenters. The number of carbonyl (C=O) groups excluding carboxylic acids is 2. The van der Waals surface area contributed by atoms with E-state index in [9.17, 15) is 18.0 Å². The number of hydrogen-bond acceptors (Lipinski definition) is 6. The van der Waals surface area contributed by atoms with Gasteiger partial charge in [0, 0.05) is 18.6 Å². The summed E-state index contributed by atoms with van der Waals surface area (Å²) in [6.07, 6.45) is 0.384. The van der Waals surface area contributed by atoms with Gasteiger partial charge in [-0.15, -0.1) is 0 Å². The predicted molar refractivity (Wildman–Crippen MR) is 83.3 cm³/mol. The first-order chi connectivity index (χ1) is 10.5. The van der Waals surface area contributed by atoms with E-state index in [2.05, 4.69) is 9.71 Å². The van der Waals surface area contributed by atoms with E-state index in [1.807, 2.05) is 0 Å². The SMILES string of the molecule is O=C1CCC(=O)N1c1ccc(S(=O)(=O)NC2=NCCS2)cc1. The number of sulfonamides is 1. The van der Waals surface area contributed by atoms with Crippen molar-refractivity contribution in [2.45, 2.75) is 17.7 Å². The number of imide groups is 1. The molecule has 1 aromatic rings. The molecule has 1 N–H and O–H groups in total. The summed E-state index contributed by atoms with van der Waals surface area (Å²) in [5.41, 5.74) is 0.388. The van der Waals surface area contributed by atoms with E-state index >= 15 is 0 Å². The van der Waals surface area contributed by atoms with E-state index in [4.69, 9.17) is 0 Å². The molecule has 3 rings (SSSR count). The fraction of sp³-hybridized carbons (Fsp3) is 0.308. The lowest BCUT2D eigenvalue weighted by atomic mass is 10.3. The Labute approximate surface area is 131 Å². The molecule has 0 saturated carbocycles. The van der Waals surface area contributed by atoms with Crippen LogP contribution in [0.2, 0.25) is 0 Å². The molecule has 7 nitrogen and oxygen atoms in total. The lowest BCUT2D eigenvalue weighted by Gasteiger charge is -2.14. The summed E-state index contributed by atoms with van der Waals surface area (Å²) in [6.45, 7) is 0.598. The molecule has 1 fully saturated rings. The van der Waals surface area contributed by atoms with Crippen LogP contribution in [0, 0.1) is 0 Å². The summed E-state index contributed by atoms with van der Waals surface area (Å²) in [5, 5.41) is 0.383. The van der Waals surface area contributed by atoms with Gasteiger partial charge in [-0.1, -0.05) is 11.8 Å². The zero-order chi connectivity index (χ0) is 15.7. The fourth-order valence-corrected chi connectivity index (χ4v) is 4.24. The van der Waals surface area contributed by atoms with Gasteiger partial charge in [0.05, 0.1) is 17.1 Å². The second kappa shape index (κ2) is 5.73. The molecule has 0 aromatic heterocycles. The van der Waals surface area contributed by atoms with Crippen molar-refractivity contribution in [3.8, 4) is 0 Å². The van der Waals surface area contributed by atoms with Crippen molar-refractivity contribution in [3.05, 3.63) is 24.3 Å². The molecule has 22 heavy (non-hydrogen) atoms. The molecule has 2 amide bonds. The van der Waals surface area contributed by atoms with Gasteiger partial charge in [0.25, 0.3) is 10.0 Å². The minimum Gasteiger partial charge on any atom is -0.274 e. The summed E-state index contributed by atoms with van der Waals surface area (Å²) in [5.74, 6) is 0.224. The molecular formula is C13H13N3O4S2. The van der Waals surface area contributed by atoms with Gasteiger partial charge in [-0.2, -0.15) is 0 Å². The highest BCUT2D eigenvalue weighted by molar-refractivity contribution is 8.15. The Morgan fingerprint density at radius 1 is 1.09 bits per heavy atom. The maximum atomic E-state index is 12.2. The minimum absolute atomic E-state index is 0.0607. The van der Waals surface area contributed by atoms with E-state index in [1.54, 1.807) is 0 Å². The van der Waals surface area contributed by atoms with Crippen LogP contribution < -0.4 is 9.62 Å². The maximum absolute atomic E-state index is 12.2. The largest absolute Gasteiger partial charge is 0.274 e. The van der Waals surface area contributed by atoms with Gasteiger partial charge in [-0.05, 0) is 24.3 Å². The summed E-state index contributed by atoms with van der Waals surface area (Å²) >= 11 is 1.35. The highest BCUT2D eigenvalue weighted by atomic mass is 32.2. The Hall–Kier alpha value is -1.87. The number of amides is 2. The topological polar surface area (TPSA) is 95.9 Å². The number of nitrogens with one attached hydrogen (secondary N) is 1. The second-order valence-corrected chi connectivity index (χ2v) is 7.52. The van der Waals surface area contributed by atoms with Crippen LogP contribution in [0.1, 0.15) is 12.8 Å². The van der Waals surface area contributed by atoms with Gasteiger partial charge in [0.1, 0.15) is 0 Å². The van der Waals surface area contributed by atoms with Crippen LogP contribution in [-0.2, 0) is 19.6 Å². The third kappa shape index (κ3) is 2.86. The molecule has 0 atom stereocenters. The van der Waals surface area contributed by atoms with E-state index in [1.165, 1.54) is 36.0 Å². The van der Waals surface area contributed by atoms with E-state index in [-0.39, 0.29) is 29.6 Å². The highest BCUT2D eigenvalue weighted by Crippen LogP contribution is 2.24. The van der Waals surface area contributed by atoms with Gasteiger partial charge < -0.3 is 0 Å². The zero-order valence-electron chi connectivity index (χ0n) is 11.5. The van der Waals surface area contributed by atoms with Crippen LogP contribution >= 0.6 is 11.8 Å². The summed E-state index contributed by atoms with van der Waals surface area (Å²) in [7, 11) is -3.70. The summed E-state index contributed by atoms with van der Waals surface area (Å²) < 4.78 is 26.8. The molecule has 116 valence electrons. The average molecular weight is 339 g/mol. The lowest BCUT2D eigenvalue weighted by molar-refractivity contribution is -0.121. The van der Waals surface area contributed by atoms with Gasteiger partial charge in [0.2, 0.25) is 11.8 Å². The van der Waals surface area contributed by atoms with Crippen molar-refractivity contribution in [1.82, 2.24) is 4.72 Å². The molecule has 2 heterocycles. The van der Waals surface area contributed by atoms with Crippen molar-refractivity contribution in [3.63, 3.8) is 0 Å². The second-order valence-electron chi connectivity index (χ2n) is 4.76. The number of nitrogens with zero attached hydrogens (tertiary/aromatic N) is 2. The normalized spacial score (nSPS) is 18.7. The molecule has 2 aliphatic heterocycles. The molecule has 1 saturated heterocycles. The molecule has 0 radical (unpaired) electrons. The number of thioether (sulfide) groups is 1. The first-order valence-electron chi connectivity index (χ1n) is 6.63. The maximum Gasteiger partial charge on any atom is 0.263 e. The Morgan fingerprint density at radius 2 is 1.73 bits per heavy atom. The van der Waals surface area contributed by atoms with Crippen LogP contribution in [0.4, 0.5) is 5.69 Å². The number of carbonyl (C=O) groups is 2. The van der Waals surface area contributed by atoms with E-state index < -0.39 is 10.0 Å². The van der Waals surface area contributed by atoms with Gasteiger partial charge >= 0.3 is 0 Å². The number of benzene rings is 1. The van der Waals surface area contributed by atoms with Crippen molar-refractivity contribution in [2.24, 2.45) is 4.99 Å². The quantitative estimate of drug-likeness (QED) is 0.819. The van der Waals surface area contributed by atoms with Crippen molar-refractivity contribution < 1.29 is 18.0 Å². The molecular weight excluding hydrogens is 326 g/mol. The van der Waals surface area contributed by atoms with E-state index in [0.29, 0.717) is 17.4 Å². The van der Waals surface area contributed by atoms with Gasteiger partial charge in [0.15, 0.2) is 5.17 Å². The molecule has 0 bridgehead atoms. The van der Waals surface area contributed by atoms with Gasteiger partial charge in [-0.25, -0.2) is 8.42 Å². The number of hydrogen-bond donors (Lipinski definition) is 1. The van der Waals surface area contributed by atoms with Crippen molar-refractivity contribution in [1.29, 1.82) is 0 Å². The number of anilines is 1. The Bertz CT molecular complexity index is 740. The van der Waals surface area contributed by atoms with Crippen molar-refractivity contribution in [2.75, 3.05) is 17.2 Å². The van der Waals surface area contributed by atoms with E-state index in [0.717, 1.165) is 10.7 Å². The fourth-order valence-electron chi connectivity index (χ4n) is 2.21. The molecule has 0 spiro atoms.